The molecule has 1 unspecified atom stereocenters. The Bertz CT molecular complexity index is 1060. The lowest BCUT2D eigenvalue weighted by Gasteiger charge is -2.26. The first-order valence-electron chi connectivity index (χ1n) is 7.28. The quantitative estimate of drug-likeness (QED) is 0.310. The molecule has 3 rings (SSSR count). The minimum Gasteiger partial charge on any atom is -0.481 e. The number of rotatable bonds is 5. The van der Waals surface area contributed by atoms with Gasteiger partial charge in [-0.3, -0.25) is 24.5 Å². The molecule has 11 nitrogen and oxygen atoms in total. The van der Waals surface area contributed by atoms with E-state index in [1.807, 2.05) is 0 Å². The summed E-state index contributed by atoms with van der Waals surface area (Å²) in [5.41, 5.74) is 4.39. The summed E-state index contributed by atoms with van der Waals surface area (Å²) in [5.74, 6) is -1.04. The van der Waals surface area contributed by atoms with Crippen molar-refractivity contribution < 1.29 is 14.8 Å². The summed E-state index contributed by atoms with van der Waals surface area (Å²) < 4.78 is 0. The number of hydrogen-bond acceptors (Lipinski definition) is 8. The van der Waals surface area contributed by atoms with Gasteiger partial charge in [-0.2, -0.15) is 0 Å². The fourth-order valence-corrected chi connectivity index (χ4v) is 3.51. The highest BCUT2D eigenvalue weighted by Crippen LogP contribution is 2.33. The molecule has 2 heterocycles. The van der Waals surface area contributed by atoms with Crippen molar-refractivity contribution in [1.29, 1.82) is 0 Å². The molecule has 2 aromatic rings. The van der Waals surface area contributed by atoms with E-state index in [-0.39, 0.29) is 42.1 Å². The van der Waals surface area contributed by atoms with Crippen LogP contribution in [0, 0.1) is 10.1 Å². The molecule has 5 N–H and O–H groups in total. The minimum absolute atomic E-state index is 0. The zero-order chi connectivity index (χ0) is 19.0. The van der Waals surface area contributed by atoms with Crippen molar-refractivity contribution in [1.82, 2.24) is 14.9 Å². The zero-order valence-corrected chi connectivity index (χ0v) is 15.1. The van der Waals surface area contributed by atoms with E-state index in [0.717, 1.165) is 6.07 Å². The first-order chi connectivity index (χ1) is 12.3. The van der Waals surface area contributed by atoms with Gasteiger partial charge < -0.3 is 25.7 Å². The number of nitrogens with one attached hydrogen (secondary N) is 2. The van der Waals surface area contributed by atoms with Crippen LogP contribution in [-0.2, 0) is 11.3 Å². The van der Waals surface area contributed by atoms with Crippen molar-refractivity contribution in [2.45, 2.75) is 18.5 Å². The molecule has 144 valence electrons. The summed E-state index contributed by atoms with van der Waals surface area (Å²) in [6.07, 6.45) is -0.263. The van der Waals surface area contributed by atoms with Crippen LogP contribution in [-0.4, -0.2) is 36.4 Å². The van der Waals surface area contributed by atoms with E-state index >= 15 is 0 Å². The molecule has 27 heavy (non-hydrogen) atoms. The van der Waals surface area contributed by atoms with Gasteiger partial charge in [-0.05, 0) is 5.41 Å². The Labute approximate surface area is 160 Å². The highest BCUT2D eigenvalue weighted by Gasteiger charge is 2.27. The lowest BCUT2D eigenvalue weighted by atomic mass is 10.1. The van der Waals surface area contributed by atoms with E-state index in [0.29, 0.717) is 11.3 Å². The van der Waals surface area contributed by atoms with E-state index in [2.05, 4.69) is 9.97 Å². The number of H-pyrrole nitrogens is 2. The van der Waals surface area contributed by atoms with Gasteiger partial charge in [0.1, 0.15) is 5.50 Å². The van der Waals surface area contributed by atoms with Crippen LogP contribution in [0.4, 0.5) is 5.69 Å². The van der Waals surface area contributed by atoms with Gasteiger partial charge in [-0.15, -0.1) is 12.4 Å². The van der Waals surface area contributed by atoms with Crippen molar-refractivity contribution in [2.75, 3.05) is 0 Å². The third kappa shape index (κ3) is 4.13. The average molecular weight is 416 g/mol. The predicted octanol–water partition coefficient (Wildman–Crippen LogP) is 0.654. The maximum atomic E-state index is 11.7. The number of nitro benzene ring substituents is 1. The summed E-state index contributed by atoms with van der Waals surface area (Å²) in [5, 5.41) is 21.8. The van der Waals surface area contributed by atoms with E-state index in [1.165, 1.54) is 17.8 Å². The molecule has 0 spiro atoms. The van der Waals surface area contributed by atoms with Crippen LogP contribution in [0.5, 0.6) is 0 Å². The van der Waals surface area contributed by atoms with Gasteiger partial charge in [0.2, 0.25) is 0 Å². The smallest absolute Gasteiger partial charge is 0.314 e. The van der Waals surface area contributed by atoms with Gasteiger partial charge in [0.25, 0.3) is 5.69 Å². The summed E-state index contributed by atoms with van der Waals surface area (Å²) in [6, 6.07) is 2.40. The number of halogens is 1. The zero-order valence-electron chi connectivity index (χ0n) is 13.5. The number of non-ortho nitro benzene ring substituents is 1. The number of aliphatic carboxylic acids is 1. The number of aromatic amines is 2. The molecule has 1 aromatic carbocycles. The highest BCUT2D eigenvalue weighted by atomic mass is 35.5. The lowest BCUT2D eigenvalue weighted by molar-refractivity contribution is -0.384. The van der Waals surface area contributed by atoms with Gasteiger partial charge in [0, 0.05) is 29.9 Å². The van der Waals surface area contributed by atoms with Crippen molar-refractivity contribution in [2.24, 2.45) is 5.73 Å². The summed E-state index contributed by atoms with van der Waals surface area (Å²) in [4.78, 5) is 51.0. The summed E-state index contributed by atoms with van der Waals surface area (Å²) >= 11 is 1.21. The molecule has 1 aliphatic heterocycles. The Morgan fingerprint density at radius 2 is 2.00 bits per heavy atom. The molecule has 1 aliphatic rings. The maximum absolute atomic E-state index is 11.7. The molecule has 0 radical (unpaired) electrons. The summed E-state index contributed by atoms with van der Waals surface area (Å²) in [7, 11) is 0. The molecule has 1 atom stereocenters. The molecule has 0 fully saturated rings. The van der Waals surface area contributed by atoms with Gasteiger partial charge in [-0.25, -0.2) is 0 Å². The number of carboxylic acid groups (broad SMARTS) is 1. The largest absolute Gasteiger partial charge is 0.481 e. The molecule has 0 amide bonds. The van der Waals surface area contributed by atoms with E-state index in [9.17, 15) is 24.5 Å². The molecule has 0 saturated heterocycles. The standard InChI is InChI=1S/C14H13N5O6S.ClH/c15-14-18(8(5-26-14)3-10(20)21)4-6-1-7(19(24)25)2-9-11(6)17-13(23)12(22)16-9;/h1-2,5,14H,3-4,15H2,(H,16,22)(H,17,23)(H,20,21);1H. The van der Waals surface area contributed by atoms with Crippen molar-refractivity contribution >= 4 is 46.9 Å². The van der Waals surface area contributed by atoms with Crippen LogP contribution in [0.25, 0.3) is 11.0 Å². The average Bonchev–Trinajstić information content (AvgIpc) is 2.88. The second-order valence-corrected chi connectivity index (χ2v) is 6.52. The van der Waals surface area contributed by atoms with Crippen LogP contribution in [0.15, 0.2) is 32.8 Å². The molecule has 0 saturated carbocycles. The number of nitro groups is 1. The number of hydrogen-bond donors (Lipinski definition) is 4. The van der Waals surface area contributed by atoms with Gasteiger partial charge in [0.15, 0.2) is 0 Å². The van der Waals surface area contributed by atoms with E-state index < -0.39 is 27.5 Å². The van der Waals surface area contributed by atoms with Crippen LogP contribution in [0.3, 0.4) is 0 Å². The fraction of sp³-hybridized carbons (Fsp3) is 0.214. The second-order valence-electron chi connectivity index (χ2n) is 5.53. The van der Waals surface area contributed by atoms with Crippen LogP contribution in [0.2, 0.25) is 0 Å². The van der Waals surface area contributed by atoms with Gasteiger partial charge >= 0.3 is 17.1 Å². The molecule has 0 aliphatic carbocycles. The normalized spacial score (nSPS) is 16.1. The molecular weight excluding hydrogens is 402 g/mol. The Balaban J connectivity index is 0.00000261. The molecule has 0 bridgehead atoms. The van der Waals surface area contributed by atoms with Gasteiger partial charge in [-0.1, -0.05) is 11.8 Å². The van der Waals surface area contributed by atoms with Crippen molar-refractivity contribution in [3.63, 3.8) is 0 Å². The Kier molecular flexibility index (Phi) is 5.93. The fourth-order valence-electron chi connectivity index (χ4n) is 2.64. The summed E-state index contributed by atoms with van der Waals surface area (Å²) in [6.45, 7) is 0.0213. The SMILES string of the molecule is Cl.NC1SC=C(CC(=O)O)N1Cc1cc([N+](=O)[O-])cc2[nH]c(=O)c(=O)[nH]c12. The van der Waals surface area contributed by atoms with Crippen LogP contribution < -0.4 is 16.9 Å². The number of carbonyl (C=O) groups is 1. The van der Waals surface area contributed by atoms with Crippen molar-refractivity contribution in [3.8, 4) is 0 Å². The lowest BCUT2D eigenvalue weighted by Crippen LogP contribution is -2.36. The topological polar surface area (TPSA) is 175 Å². The van der Waals surface area contributed by atoms with Crippen molar-refractivity contribution in [3.05, 3.63) is 59.6 Å². The number of nitrogens with two attached hydrogens (primary N) is 1. The maximum Gasteiger partial charge on any atom is 0.314 e. The minimum atomic E-state index is -1.04. The van der Waals surface area contributed by atoms with E-state index in [1.54, 1.807) is 10.3 Å². The van der Waals surface area contributed by atoms with Gasteiger partial charge in [0.05, 0.1) is 22.4 Å². The van der Waals surface area contributed by atoms with E-state index in [4.69, 9.17) is 10.8 Å². The number of aromatic nitrogens is 2. The Hall–Kier alpha value is -2.83. The molecule has 1 aromatic heterocycles. The Morgan fingerprint density at radius 1 is 1.33 bits per heavy atom. The second kappa shape index (κ2) is 7.82. The number of nitrogens with zero attached hydrogens (tertiary/aromatic N) is 2. The number of fused-ring (bicyclic) bond motifs is 1. The Morgan fingerprint density at radius 3 is 2.63 bits per heavy atom. The number of thioether (sulfide) groups is 1. The molecule has 13 heteroatoms. The monoisotopic (exact) mass is 415 g/mol. The van der Waals surface area contributed by atoms with Crippen LogP contribution >= 0.6 is 24.2 Å². The third-order valence-electron chi connectivity index (χ3n) is 3.80. The number of benzene rings is 1. The number of carboxylic acids is 1. The highest BCUT2D eigenvalue weighted by molar-refractivity contribution is 8.02. The first-order valence-corrected chi connectivity index (χ1v) is 8.22. The van der Waals surface area contributed by atoms with Crippen LogP contribution in [0.1, 0.15) is 12.0 Å². The third-order valence-corrected chi connectivity index (χ3v) is 4.74. The molecular formula is C14H14ClN5O6S. The predicted molar refractivity (Wildman–Crippen MR) is 101 cm³/mol. The first kappa shape index (κ1) is 20.5.